The molecule has 7 heteroatoms. The summed E-state index contributed by atoms with van der Waals surface area (Å²) in [6.45, 7) is 0.286. The molecule has 0 atom stereocenters. The van der Waals surface area contributed by atoms with Crippen LogP contribution < -0.4 is 10.2 Å². The number of carbonyl (C=O) groups excluding carboxylic acids is 2. The summed E-state index contributed by atoms with van der Waals surface area (Å²) < 4.78 is 31.4. The van der Waals surface area contributed by atoms with Crippen LogP contribution in [0, 0.1) is 11.6 Å². The number of furan rings is 1. The van der Waals surface area contributed by atoms with Crippen LogP contribution in [0.4, 0.5) is 14.5 Å². The summed E-state index contributed by atoms with van der Waals surface area (Å²) in [4.78, 5) is 26.2. The highest BCUT2D eigenvalue weighted by molar-refractivity contribution is 5.96. The van der Waals surface area contributed by atoms with E-state index in [0.717, 1.165) is 0 Å². The summed E-state index contributed by atoms with van der Waals surface area (Å²) in [6, 6.07) is 14.1. The van der Waals surface area contributed by atoms with E-state index < -0.39 is 17.5 Å². The molecular formula is C21H18F2N2O3. The van der Waals surface area contributed by atoms with Crippen molar-refractivity contribution < 1.29 is 22.8 Å². The zero-order valence-corrected chi connectivity index (χ0v) is 14.9. The smallest absolute Gasteiger partial charge is 0.251 e. The lowest BCUT2D eigenvalue weighted by molar-refractivity contribution is -0.118. The van der Waals surface area contributed by atoms with Crippen LogP contribution in [0.15, 0.2) is 71.3 Å². The molecule has 1 heterocycles. The fourth-order valence-electron chi connectivity index (χ4n) is 2.62. The molecule has 0 saturated heterocycles. The van der Waals surface area contributed by atoms with Gasteiger partial charge in [0.2, 0.25) is 5.91 Å². The molecule has 0 bridgehead atoms. The first-order valence-electron chi connectivity index (χ1n) is 8.65. The maximum atomic E-state index is 13.2. The average molecular weight is 384 g/mol. The Balaban J connectivity index is 1.63. The minimum Gasteiger partial charge on any atom is -0.467 e. The van der Waals surface area contributed by atoms with Crippen LogP contribution in [0.5, 0.6) is 0 Å². The molecule has 0 aliphatic heterocycles. The van der Waals surface area contributed by atoms with Crippen molar-refractivity contribution in [2.24, 2.45) is 0 Å². The molecular weight excluding hydrogens is 366 g/mol. The van der Waals surface area contributed by atoms with Crippen LogP contribution >= 0.6 is 0 Å². The van der Waals surface area contributed by atoms with E-state index in [-0.39, 0.29) is 25.4 Å². The Labute approximate surface area is 160 Å². The molecule has 0 saturated carbocycles. The molecule has 3 aromatic rings. The second-order valence-corrected chi connectivity index (χ2v) is 6.05. The van der Waals surface area contributed by atoms with E-state index in [4.69, 9.17) is 4.42 Å². The summed E-state index contributed by atoms with van der Waals surface area (Å²) in [7, 11) is 0. The van der Waals surface area contributed by atoms with Crippen molar-refractivity contribution in [3.05, 3.63) is 89.9 Å². The first-order valence-corrected chi connectivity index (χ1v) is 8.65. The van der Waals surface area contributed by atoms with E-state index in [9.17, 15) is 18.4 Å². The van der Waals surface area contributed by atoms with Gasteiger partial charge in [-0.15, -0.1) is 0 Å². The first-order chi connectivity index (χ1) is 13.5. The number of amides is 2. The number of nitrogens with zero attached hydrogens (tertiary/aromatic N) is 1. The maximum absolute atomic E-state index is 13.2. The number of carbonyl (C=O) groups is 2. The number of benzene rings is 2. The molecule has 28 heavy (non-hydrogen) atoms. The first kappa shape index (κ1) is 19.3. The number of rotatable bonds is 7. The van der Waals surface area contributed by atoms with Crippen molar-refractivity contribution in [3.8, 4) is 0 Å². The largest absolute Gasteiger partial charge is 0.467 e. The third-order valence-corrected chi connectivity index (χ3v) is 4.06. The van der Waals surface area contributed by atoms with Crippen LogP contribution in [0.3, 0.4) is 0 Å². The molecule has 0 fully saturated rings. The Morgan fingerprint density at radius 2 is 1.57 bits per heavy atom. The lowest BCUT2D eigenvalue weighted by Gasteiger charge is -2.22. The molecule has 0 aliphatic rings. The van der Waals surface area contributed by atoms with E-state index in [1.165, 1.54) is 59.7 Å². The lowest BCUT2D eigenvalue weighted by atomic mass is 10.2. The van der Waals surface area contributed by atoms with E-state index in [0.29, 0.717) is 17.0 Å². The van der Waals surface area contributed by atoms with Crippen LogP contribution in [0.25, 0.3) is 0 Å². The predicted molar refractivity (Wildman–Crippen MR) is 99.6 cm³/mol. The van der Waals surface area contributed by atoms with Crippen molar-refractivity contribution in [2.45, 2.75) is 13.0 Å². The van der Waals surface area contributed by atoms with Gasteiger partial charge in [-0.05, 0) is 60.7 Å². The maximum Gasteiger partial charge on any atom is 0.251 e. The SMILES string of the molecule is O=C(NCCC(=O)N(Cc1ccco1)c1ccc(F)cc1)c1ccc(F)cc1. The second-order valence-electron chi connectivity index (χ2n) is 6.05. The van der Waals surface area contributed by atoms with E-state index in [1.54, 1.807) is 12.1 Å². The second kappa shape index (κ2) is 8.94. The van der Waals surface area contributed by atoms with Gasteiger partial charge in [-0.25, -0.2) is 8.78 Å². The lowest BCUT2D eigenvalue weighted by Crippen LogP contribution is -2.34. The van der Waals surface area contributed by atoms with Gasteiger partial charge in [0.1, 0.15) is 17.4 Å². The molecule has 1 aromatic heterocycles. The van der Waals surface area contributed by atoms with Gasteiger partial charge in [-0.2, -0.15) is 0 Å². The van der Waals surface area contributed by atoms with Crippen LogP contribution in [0.1, 0.15) is 22.5 Å². The topological polar surface area (TPSA) is 62.6 Å². The molecule has 0 unspecified atom stereocenters. The van der Waals surface area contributed by atoms with Gasteiger partial charge in [0.15, 0.2) is 0 Å². The van der Waals surface area contributed by atoms with Crippen molar-refractivity contribution >= 4 is 17.5 Å². The normalized spacial score (nSPS) is 10.5. The molecule has 0 aliphatic carbocycles. The van der Waals surface area contributed by atoms with E-state index >= 15 is 0 Å². The molecule has 0 radical (unpaired) electrons. The summed E-state index contributed by atoms with van der Waals surface area (Å²) in [5, 5.41) is 2.63. The highest BCUT2D eigenvalue weighted by Gasteiger charge is 2.18. The third-order valence-electron chi connectivity index (χ3n) is 4.06. The minimum absolute atomic E-state index is 0.0328. The molecule has 0 spiro atoms. The molecule has 2 aromatic carbocycles. The molecule has 2 amide bonds. The quantitative estimate of drug-likeness (QED) is 0.672. The molecule has 144 valence electrons. The number of anilines is 1. The molecule has 3 rings (SSSR count). The monoisotopic (exact) mass is 384 g/mol. The Kier molecular flexibility index (Phi) is 6.16. The minimum atomic E-state index is -0.431. The zero-order chi connectivity index (χ0) is 19.9. The Hall–Kier alpha value is -3.48. The Morgan fingerprint density at radius 1 is 0.929 bits per heavy atom. The summed E-state index contributed by atoms with van der Waals surface area (Å²) in [6.07, 6.45) is 1.54. The van der Waals surface area contributed by atoms with Crippen LogP contribution in [-0.2, 0) is 11.3 Å². The van der Waals surface area contributed by atoms with Gasteiger partial charge in [-0.3, -0.25) is 9.59 Å². The highest BCUT2D eigenvalue weighted by atomic mass is 19.1. The standard InChI is InChI=1S/C21H18F2N2O3/c22-16-5-3-15(4-6-16)21(27)24-12-11-20(26)25(14-19-2-1-13-28-19)18-9-7-17(23)8-10-18/h1-10,13H,11-12,14H2,(H,24,27). The fourth-order valence-corrected chi connectivity index (χ4v) is 2.62. The Morgan fingerprint density at radius 3 is 2.18 bits per heavy atom. The van der Waals surface area contributed by atoms with Gasteiger partial charge in [-0.1, -0.05) is 0 Å². The third kappa shape index (κ3) is 5.03. The van der Waals surface area contributed by atoms with Crippen LogP contribution in [0.2, 0.25) is 0 Å². The van der Waals surface area contributed by atoms with Gasteiger partial charge in [0.05, 0.1) is 12.8 Å². The summed E-state index contributed by atoms with van der Waals surface area (Å²) in [5.74, 6) is -0.914. The van der Waals surface area contributed by atoms with Gasteiger partial charge in [0, 0.05) is 24.2 Å². The van der Waals surface area contributed by atoms with Crippen molar-refractivity contribution in [1.29, 1.82) is 0 Å². The number of hydrogen-bond donors (Lipinski definition) is 1. The summed E-state index contributed by atoms with van der Waals surface area (Å²) in [5.41, 5.74) is 0.826. The molecule has 5 nitrogen and oxygen atoms in total. The zero-order valence-electron chi connectivity index (χ0n) is 14.9. The number of nitrogens with one attached hydrogen (secondary N) is 1. The molecule has 1 N–H and O–H groups in total. The van der Waals surface area contributed by atoms with E-state index in [2.05, 4.69) is 5.32 Å². The fraction of sp³-hybridized carbons (Fsp3) is 0.143. The average Bonchev–Trinajstić information content (AvgIpc) is 3.20. The number of halogens is 2. The summed E-state index contributed by atoms with van der Waals surface area (Å²) >= 11 is 0. The van der Waals surface area contributed by atoms with Crippen molar-refractivity contribution in [1.82, 2.24) is 5.32 Å². The predicted octanol–water partition coefficient (Wildman–Crippen LogP) is 3.91. The van der Waals surface area contributed by atoms with Gasteiger partial charge in [0.25, 0.3) is 5.91 Å². The number of hydrogen-bond acceptors (Lipinski definition) is 3. The van der Waals surface area contributed by atoms with Crippen LogP contribution in [-0.4, -0.2) is 18.4 Å². The van der Waals surface area contributed by atoms with Crippen molar-refractivity contribution in [3.63, 3.8) is 0 Å². The Bertz CT molecular complexity index is 923. The van der Waals surface area contributed by atoms with Gasteiger partial charge < -0.3 is 14.6 Å². The van der Waals surface area contributed by atoms with Crippen molar-refractivity contribution in [2.75, 3.05) is 11.4 Å². The highest BCUT2D eigenvalue weighted by Crippen LogP contribution is 2.19. The van der Waals surface area contributed by atoms with Gasteiger partial charge >= 0.3 is 0 Å². The van der Waals surface area contributed by atoms with E-state index in [1.807, 2.05) is 0 Å².